The van der Waals surface area contributed by atoms with Crippen LogP contribution in [0.1, 0.15) is 24.0 Å². The van der Waals surface area contributed by atoms with Crippen molar-refractivity contribution < 1.29 is 9.53 Å². The quantitative estimate of drug-likeness (QED) is 0.611. The molecular formula is C21H24N2O2. The molecule has 0 radical (unpaired) electrons. The third-order valence-corrected chi connectivity index (χ3v) is 4.25. The van der Waals surface area contributed by atoms with Crippen molar-refractivity contribution in [3.63, 3.8) is 0 Å². The maximum absolute atomic E-state index is 11.9. The standard InChI is InChI=1S/C21H24N2O2/c1-16-5-2-3-6-20(16)25-14-4-7-21(24)23-12-10-17-8-9-19-18(15-17)11-13-22-19/h2-3,5-6,8-9,11,13,15,22H,4,7,10,12,14H2,1H3,(H,23,24). The summed E-state index contributed by atoms with van der Waals surface area (Å²) >= 11 is 0. The number of H-pyrrole nitrogens is 1. The zero-order valence-electron chi connectivity index (χ0n) is 14.5. The number of para-hydroxylation sites is 1. The van der Waals surface area contributed by atoms with E-state index in [1.165, 1.54) is 10.9 Å². The van der Waals surface area contributed by atoms with Gasteiger partial charge in [-0.2, -0.15) is 0 Å². The Morgan fingerprint density at radius 2 is 2.04 bits per heavy atom. The van der Waals surface area contributed by atoms with Gasteiger partial charge >= 0.3 is 0 Å². The fraction of sp³-hybridized carbons (Fsp3) is 0.286. The van der Waals surface area contributed by atoms with E-state index in [9.17, 15) is 4.79 Å². The lowest BCUT2D eigenvalue weighted by Crippen LogP contribution is -2.25. The molecule has 0 unspecified atom stereocenters. The number of carbonyl (C=O) groups excluding carboxylic acids is 1. The summed E-state index contributed by atoms with van der Waals surface area (Å²) in [6.45, 7) is 3.24. The fourth-order valence-electron chi connectivity index (χ4n) is 2.83. The average molecular weight is 336 g/mol. The molecule has 0 atom stereocenters. The average Bonchev–Trinajstić information content (AvgIpc) is 3.08. The van der Waals surface area contributed by atoms with Gasteiger partial charge in [-0.05, 0) is 60.5 Å². The first-order valence-electron chi connectivity index (χ1n) is 8.73. The van der Waals surface area contributed by atoms with Gasteiger partial charge in [0.1, 0.15) is 5.75 Å². The molecule has 0 aliphatic carbocycles. The van der Waals surface area contributed by atoms with E-state index < -0.39 is 0 Å². The van der Waals surface area contributed by atoms with Crippen molar-refractivity contribution in [3.8, 4) is 5.75 Å². The molecule has 25 heavy (non-hydrogen) atoms. The third kappa shape index (κ3) is 4.86. The number of benzene rings is 2. The maximum atomic E-state index is 11.9. The number of fused-ring (bicyclic) bond motifs is 1. The van der Waals surface area contributed by atoms with Gasteiger partial charge in [0.2, 0.25) is 5.91 Å². The summed E-state index contributed by atoms with van der Waals surface area (Å²) in [5, 5.41) is 4.19. The van der Waals surface area contributed by atoms with Gasteiger partial charge in [0, 0.05) is 24.7 Å². The topological polar surface area (TPSA) is 54.1 Å². The number of aryl methyl sites for hydroxylation is 1. The highest BCUT2D eigenvalue weighted by Crippen LogP contribution is 2.16. The zero-order chi connectivity index (χ0) is 17.5. The number of ether oxygens (including phenoxy) is 1. The Labute approximate surface area is 148 Å². The van der Waals surface area contributed by atoms with Gasteiger partial charge in [0.05, 0.1) is 6.61 Å². The van der Waals surface area contributed by atoms with Crippen LogP contribution in [-0.2, 0) is 11.2 Å². The van der Waals surface area contributed by atoms with Crippen molar-refractivity contribution >= 4 is 16.8 Å². The number of rotatable bonds is 8. The molecule has 1 heterocycles. The van der Waals surface area contributed by atoms with Crippen LogP contribution >= 0.6 is 0 Å². The second-order valence-corrected chi connectivity index (χ2v) is 6.22. The second-order valence-electron chi connectivity index (χ2n) is 6.22. The SMILES string of the molecule is Cc1ccccc1OCCCC(=O)NCCc1ccc2[nH]ccc2c1. The van der Waals surface area contributed by atoms with Gasteiger partial charge < -0.3 is 15.0 Å². The van der Waals surface area contributed by atoms with Crippen molar-refractivity contribution in [2.45, 2.75) is 26.2 Å². The summed E-state index contributed by atoms with van der Waals surface area (Å²) in [5.74, 6) is 0.971. The number of hydrogen-bond acceptors (Lipinski definition) is 2. The number of aromatic amines is 1. The molecule has 0 fully saturated rings. The van der Waals surface area contributed by atoms with E-state index in [0.29, 0.717) is 19.6 Å². The lowest BCUT2D eigenvalue weighted by Gasteiger charge is -2.09. The molecule has 130 valence electrons. The molecule has 0 saturated heterocycles. The highest BCUT2D eigenvalue weighted by Gasteiger charge is 2.03. The van der Waals surface area contributed by atoms with Crippen LogP contribution in [0, 0.1) is 6.92 Å². The Morgan fingerprint density at radius 3 is 2.92 bits per heavy atom. The first-order valence-corrected chi connectivity index (χ1v) is 8.73. The van der Waals surface area contributed by atoms with E-state index >= 15 is 0 Å². The van der Waals surface area contributed by atoms with Crippen LogP contribution in [0.25, 0.3) is 10.9 Å². The normalized spacial score (nSPS) is 10.8. The van der Waals surface area contributed by atoms with Crippen LogP contribution in [-0.4, -0.2) is 24.0 Å². The minimum atomic E-state index is 0.0797. The maximum Gasteiger partial charge on any atom is 0.220 e. The molecule has 3 rings (SSSR count). The van der Waals surface area contributed by atoms with Crippen LogP contribution in [0.2, 0.25) is 0 Å². The van der Waals surface area contributed by atoms with Crippen LogP contribution in [0.5, 0.6) is 5.75 Å². The Kier molecular flexibility index (Phi) is 5.73. The Bertz CT molecular complexity index is 839. The van der Waals surface area contributed by atoms with Gasteiger partial charge in [0.15, 0.2) is 0 Å². The van der Waals surface area contributed by atoms with Crippen molar-refractivity contribution in [1.82, 2.24) is 10.3 Å². The minimum absolute atomic E-state index is 0.0797. The monoisotopic (exact) mass is 336 g/mol. The van der Waals surface area contributed by atoms with Gasteiger partial charge in [-0.1, -0.05) is 24.3 Å². The highest BCUT2D eigenvalue weighted by atomic mass is 16.5. The van der Waals surface area contributed by atoms with Crippen molar-refractivity contribution in [1.29, 1.82) is 0 Å². The molecule has 0 bridgehead atoms. The van der Waals surface area contributed by atoms with E-state index in [1.807, 2.05) is 37.4 Å². The highest BCUT2D eigenvalue weighted by molar-refractivity contribution is 5.80. The Balaban J connectivity index is 1.33. The van der Waals surface area contributed by atoms with E-state index in [1.54, 1.807) is 0 Å². The summed E-state index contributed by atoms with van der Waals surface area (Å²) in [6.07, 6.45) is 3.99. The van der Waals surface area contributed by atoms with Gasteiger partial charge in [-0.25, -0.2) is 0 Å². The second kappa shape index (κ2) is 8.38. The lowest BCUT2D eigenvalue weighted by atomic mass is 10.1. The molecule has 1 amide bonds. The van der Waals surface area contributed by atoms with E-state index in [0.717, 1.165) is 29.7 Å². The third-order valence-electron chi connectivity index (χ3n) is 4.25. The summed E-state index contributed by atoms with van der Waals surface area (Å²) in [4.78, 5) is 15.1. The number of nitrogens with one attached hydrogen (secondary N) is 2. The van der Waals surface area contributed by atoms with Gasteiger partial charge in [0.25, 0.3) is 0 Å². The Hall–Kier alpha value is -2.75. The summed E-state index contributed by atoms with van der Waals surface area (Å²) in [6, 6.07) is 16.3. The number of aromatic nitrogens is 1. The number of carbonyl (C=O) groups is 1. The van der Waals surface area contributed by atoms with E-state index in [2.05, 4.69) is 34.6 Å². The van der Waals surface area contributed by atoms with Crippen LogP contribution in [0.15, 0.2) is 54.7 Å². The molecular weight excluding hydrogens is 312 g/mol. The summed E-state index contributed by atoms with van der Waals surface area (Å²) in [5.41, 5.74) is 3.49. The molecule has 2 N–H and O–H groups in total. The molecule has 1 aromatic heterocycles. The first-order chi connectivity index (χ1) is 12.2. The largest absolute Gasteiger partial charge is 0.493 e. The molecule has 3 aromatic rings. The molecule has 2 aromatic carbocycles. The van der Waals surface area contributed by atoms with Crippen LogP contribution < -0.4 is 10.1 Å². The van der Waals surface area contributed by atoms with Gasteiger partial charge in [-0.3, -0.25) is 4.79 Å². The van der Waals surface area contributed by atoms with E-state index in [4.69, 9.17) is 4.74 Å². The van der Waals surface area contributed by atoms with Gasteiger partial charge in [-0.15, -0.1) is 0 Å². The predicted octanol–water partition coefficient (Wildman–Crippen LogP) is 3.99. The van der Waals surface area contributed by atoms with Crippen molar-refractivity contribution in [3.05, 3.63) is 65.9 Å². The number of amides is 1. The first kappa shape index (κ1) is 17.1. The zero-order valence-corrected chi connectivity index (χ0v) is 14.5. The van der Waals surface area contributed by atoms with Crippen molar-refractivity contribution in [2.24, 2.45) is 0 Å². The van der Waals surface area contributed by atoms with Crippen molar-refractivity contribution in [2.75, 3.05) is 13.2 Å². The van der Waals surface area contributed by atoms with Crippen LogP contribution in [0.4, 0.5) is 0 Å². The molecule has 4 nitrogen and oxygen atoms in total. The summed E-state index contributed by atoms with van der Waals surface area (Å²) < 4.78 is 5.71. The Morgan fingerprint density at radius 1 is 1.16 bits per heavy atom. The van der Waals surface area contributed by atoms with Crippen LogP contribution in [0.3, 0.4) is 0 Å². The summed E-state index contributed by atoms with van der Waals surface area (Å²) in [7, 11) is 0. The predicted molar refractivity (Wildman–Crippen MR) is 101 cm³/mol. The number of hydrogen-bond donors (Lipinski definition) is 2. The smallest absolute Gasteiger partial charge is 0.220 e. The lowest BCUT2D eigenvalue weighted by molar-refractivity contribution is -0.121. The molecule has 0 saturated carbocycles. The molecule has 0 spiro atoms. The molecule has 0 aliphatic rings. The molecule has 4 heteroatoms. The minimum Gasteiger partial charge on any atom is -0.493 e. The molecule has 0 aliphatic heterocycles. The fourth-order valence-corrected chi connectivity index (χ4v) is 2.83. The van der Waals surface area contributed by atoms with E-state index in [-0.39, 0.29) is 5.91 Å².